The van der Waals surface area contributed by atoms with Crippen LogP contribution < -0.4 is 0 Å². The molecule has 0 saturated heterocycles. The molecule has 0 aliphatic heterocycles. The van der Waals surface area contributed by atoms with Crippen molar-refractivity contribution in [1.82, 2.24) is 0 Å². The largest absolute Gasteiger partial charge is 0.455 e. The molecule has 0 aromatic carbocycles. The standard InChI is InChI=1S/C24H39IO4/c1-14(10-22(28)29-13-25)18-6-7-19-17-5-4-15-11-16(26)8-9-23(15,2)20(17)12-21(27)24(18,19)3/h14-21,26-27H,4-13H2,1-3H3. The van der Waals surface area contributed by atoms with Crippen LogP contribution in [0, 0.1) is 46.3 Å². The summed E-state index contributed by atoms with van der Waals surface area (Å²) in [5.41, 5.74) is 0.195. The summed E-state index contributed by atoms with van der Waals surface area (Å²) >= 11 is 2.07. The fourth-order valence-corrected chi connectivity index (χ4v) is 9.03. The SMILES string of the molecule is CC(CC(=O)OCI)C1CCC2C3CCC4CC(O)CCC4(C)C3CC(O)C12C. The highest BCUT2D eigenvalue weighted by Gasteiger charge is 2.63. The van der Waals surface area contributed by atoms with E-state index in [0.29, 0.717) is 40.6 Å². The van der Waals surface area contributed by atoms with Crippen LogP contribution >= 0.6 is 22.6 Å². The number of hydrogen-bond donors (Lipinski definition) is 2. The summed E-state index contributed by atoms with van der Waals surface area (Å²) in [4.78, 5) is 12.1. The number of ether oxygens (including phenoxy) is 1. The molecule has 0 heterocycles. The summed E-state index contributed by atoms with van der Waals surface area (Å²) in [7, 11) is 0. The number of aliphatic hydroxyl groups is 2. The van der Waals surface area contributed by atoms with Gasteiger partial charge in [-0.1, -0.05) is 20.8 Å². The van der Waals surface area contributed by atoms with Gasteiger partial charge in [0.05, 0.1) is 12.2 Å². The number of carbonyl (C=O) groups is 1. The van der Waals surface area contributed by atoms with Crippen molar-refractivity contribution >= 4 is 28.6 Å². The molecule has 10 atom stereocenters. The number of rotatable bonds is 4. The van der Waals surface area contributed by atoms with Crippen molar-refractivity contribution in [1.29, 1.82) is 0 Å². The summed E-state index contributed by atoms with van der Waals surface area (Å²) < 4.78 is 5.61. The van der Waals surface area contributed by atoms with Crippen molar-refractivity contribution in [3.05, 3.63) is 0 Å². The Labute approximate surface area is 189 Å². The maximum atomic E-state index is 12.1. The molecule has 4 aliphatic rings. The zero-order valence-corrected chi connectivity index (χ0v) is 20.4. The van der Waals surface area contributed by atoms with E-state index in [2.05, 4.69) is 43.4 Å². The van der Waals surface area contributed by atoms with Crippen LogP contribution in [0.25, 0.3) is 0 Å². The summed E-state index contributed by atoms with van der Waals surface area (Å²) in [6.07, 6.45) is 8.75. The fourth-order valence-electron chi connectivity index (χ4n) is 8.69. The van der Waals surface area contributed by atoms with E-state index in [4.69, 9.17) is 4.74 Å². The van der Waals surface area contributed by atoms with Crippen LogP contribution in [0.4, 0.5) is 0 Å². The van der Waals surface area contributed by atoms with Crippen molar-refractivity contribution in [2.24, 2.45) is 46.3 Å². The molecule has 4 rings (SSSR count). The van der Waals surface area contributed by atoms with Gasteiger partial charge < -0.3 is 14.9 Å². The van der Waals surface area contributed by atoms with Crippen LogP contribution in [0.15, 0.2) is 0 Å². The Balaban J connectivity index is 1.55. The van der Waals surface area contributed by atoms with Gasteiger partial charge in [0.2, 0.25) is 0 Å². The van der Waals surface area contributed by atoms with E-state index in [9.17, 15) is 15.0 Å². The van der Waals surface area contributed by atoms with Crippen molar-refractivity contribution in [2.75, 3.05) is 4.61 Å². The smallest absolute Gasteiger partial charge is 0.306 e. The van der Waals surface area contributed by atoms with E-state index in [1.807, 2.05) is 0 Å². The van der Waals surface area contributed by atoms with E-state index in [1.54, 1.807) is 0 Å². The molecule has 29 heavy (non-hydrogen) atoms. The molecule has 4 saturated carbocycles. The second kappa shape index (κ2) is 8.23. The first-order valence-corrected chi connectivity index (χ1v) is 13.3. The molecule has 4 aliphatic carbocycles. The van der Waals surface area contributed by atoms with E-state index >= 15 is 0 Å². The Morgan fingerprint density at radius 1 is 1.10 bits per heavy atom. The predicted molar refractivity (Wildman–Crippen MR) is 121 cm³/mol. The molecular formula is C24H39IO4. The number of alkyl halides is 1. The normalized spacial score (nSPS) is 50.2. The Hall–Kier alpha value is 0.120. The molecule has 0 aromatic rings. The van der Waals surface area contributed by atoms with Crippen LogP contribution in [0.2, 0.25) is 0 Å². The third kappa shape index (κ3) is 3.59. The summed E-state index contributed by atoms with van der Waals surface area (Å²) in [5, 5.41) is 21.7. The Morgan fingerprint density at radius 3 is 2.59 bits per heavy atom. The van der Waals surface area contributed by atoms with Crippen LogP contribution in [0.3, 0.4) is 0 Å². The van der Waals surface area contributed by atoms with Crippen molar-refractivity contribution in [2.45, 2.75) is 90.8 Å². The highest BCUT2D eigenvalue weighted by atomic mass is 127. The third-order valence-electron chi connectivity index (χ3n) is 10.2. The molecule has 0 amide bonds. The first kappa shape index (κ1) is 22.3. The van der Waals surface area contributed by atoms with Crippen molar-refractivity contribution < 1.29 is 19.7 Å². The van der Waals surface area contributed by atoms with Crippen LogP contribution in [0.1, 0.15) is 78.6 Å². The lowest BCUT2D eigenvalue weighted by molar-refractivity contribution is -0.175. The molecule has 4 fully saturated rings. The van der Waals surface area contributed by atoms with Crippen molar-refractivity contribution in [3.8, 4) is 0 Å². The summed E-state index contributed by atoms with van der Waals surface area (Å²) in [6, 6.07) is 0. The molecule has 2 N–H and O–H groups in total. The molecule has 4 nitrogen and oxygen atoms in total. The maximum Gasteiger partial charge on any atom is 0.306 e. The van der Waals surface area contributed by atoms with E-state index in [-0.39, 0.29) is 34.9 Å². The van der Waals surface area contributed by atoms with Gasteiger partial charge >= 0.3 is 5.97 Å². The second-order valence-electron chi connectivity index (χ2n) is 11.2. The number of hydrogen-bond acceptors (Lipinski definition) is 4. The van der Waals surface area contributed by atoms with Gasteiger partial charge in [0, 0.05) is 6.42 Å². The lowest BCUT2D eigenvalue weighted by Crippen LogP contribution is -2.58. The highest BCUT2D eigenvalue weighted by molar-refractivity contribution is 14.1. The minimum absolute atomic E-state index is 0.0808. The van der Waals surface area contributed by atoms with Gasteiger partial charge in [0.25, 0.3) is 0 Å². The topological polar surface area (TPSA) is 66.8 Å². The summed E-state index contributed by atoms with van der Waals surface area (Å²) in [6.45, 7) is 6.98. The fraction of sp³-hybridized carbons (Fsp3) is 0.958. The van der Waals surface area contributed by atoms with E-state index in [1.165, 1.54) is 19.3 Å². The lowest BCUT2D eigenvalue weighted by Gasteiger charge is -2.62. The predicted octanol–water partition coefficient (Wildman–Crippen LogP) is 4.94. The van der Waals surface area contributed by atoms with Crippen LogP contribution in [-0.4, -0.2) is 33.0 Å². The number of fused-ring (bicyclic) bond motifs is 5. The number of esters is 1. The lowest BCUT2D eigenvalue weighted by atomic mass is 9.43. The first-order valence-electron chi connectivity index (χ1n) is 11.8. The zero-order valence-electron chi connectivity index (χ0n) is 18.3. The van der Waals surface area contributed by atoms with Crippen LogP contribution in [0.5, 0.6) is 0 Å². The van der Waals surface area contributed by atoms with Gasteiger partial charge in [0.1, 0.15) is 4.61 Å². The van der Waals surface area contributed by atoms with Crippen molar-refractivity contribution in [3.63, 3.8) is 0 Å². The molecule has 0 spiro atoms. The molecular weight excluding hydrogens is 479 g/mol. The zero-order chi connectivity index (χ0) is 21.0. The number of carbonyl (C=O) groups excluding carboxylic acids is 1. The maximum absolute atomic E-state index is 12.1. The van der Waals surface area contributed by atoms with Crippen LogP contribution in [-0.2, 0) is 9.53 Å². The minimum atomic E-state index is -0.285. The average Bonchev–Trinajstić information content (AvgIpc) is 3.02. The second-order valence-corrected chi connectivity index (χ2v) is 11.8. The molecule has 0 bridgehead atoms. The van der Waals surface area contributed by atoms with Gasteiger partial charge in [-0.15, -0.1) is 0 Å². The Kier molecular flexibility index (Phi) is 6.34. The number of aliphatic hydroxyl groups excluding tert-OH is 2. The quantitative estimate of drug-likeness (QED) is 0.315. The Bertz CT molecular complexity index is 626. The third-order valence-corrected chi connectivity index (χ3v) is 10.5. The molecule has 0 radical (unpaired) electrons. The van der Waals surface area contributed by atoms with Gasteiger partial charge in [-0.3, -0.25) is 4.79 Å². The minimum Gasteiger partial charge on any atom is -0.455 e. The number of halogens is 1. The highest BCUT2D eigenvalue weighted by Crippen LogP contribution is 2.68. The average molecular weight is 518 g/mol. The molecule has 10 unspecified atom stereocenters. The molecule has 166 valence electrons. The Morgan fingerprint density at radius 2 is 1.86 bits per heavy atom. The van der Waals surface area contributed by atoms with Gasteiger partial charge in [-0.25, -0.2) is 0 Å². The van der Waals surface area contributed by atoms with Gasteiger partial charge in [0.15, 0.2) is 0 Å². The first-order chi connectivity index (χ1) is 13.7. The monoisotopic (exact) mass is 518 g/mol. The van der Waals surface area contributed by atoms with E-state index < -0.39 is 0 Å². The van der Waals surface area contributed by atoms with Gasteiger partial charge in [-0.05, 0) is 120 Å². The molecule has 0 aromatic heterocycles. The summed E-state index contributed by atoms with van der Waals surface area (Å²) in [5.74, 6) is 3.00. The van der Waals surface area contributed by atoms with Gasteiger partial charge in [-0.2, -0.15) is 0 Å². The molecule has 5 heteroatoms. The van der Waals surface area contributed by atoms with E-state index in [0.717, 1.165) is 32.1 Å².